The van der Waals surface area contributed by atoms with Crippen LogP contribution in [0.25, 0.3) is 0 Å². The van der Waals surface area contributed by atoms with E-state index >= 15 is 0 Å². The molecule has 0 unspecified atom stereocenters. The van der Waals surface area contributed by atoms with Crippen molar-refractivity contribution >= 4 is 21.6 Å². The molecule has 0 spiro atoms. The maximum Gasteiger partial charge on any atom is 0.243 e. The maximum absolute atomic E-state index is 12.9. The Bertz CT molecular complexity index is 1080. The minimum Gasteiger partial charge on any atom is -0.340 e. The Morgan fingerprint density at radius 2 is 1.45 bits per heavy atom. The maximum atomic E-state index is 12.9. The highest BCUT2D eigenvalue weighted by atomic mass is 32.2. The van der Waals surface area contributed by atoms with E-state index in [1.165, 1.54) is 54.6 Å². The van der Waals surface area contributed by atoms with E-state index in [1.54, 1.807) is 11.9 Å². The molecule has 2 aromatic rings. The number of hydrogen-bond acceptors (Lipinski definition) is 3. The van der Waals surface area contributed by atoms with Crippen molar-refractivity contribution in [3.63, 3.8) is 0 Å². The second-order valence-corrected chi connectivity index (χ2v) is 12.7. The zero-order chi connectivity index (χ0) is 23.2. The van der Waals surface area contributed by atoms with Crippen LogP contribution in [0.1, 0.15) is 49.7 Å². The zero-order valence-electron chi connectivity index (χ0n) is 19.6. The first-order chi connectivity index (χ1) is 15.7. The van der Waals surface area contributed by atoms with Gasteiger partial charge in [-0.2, -0.15) is 0 Å². The van der Waals surface area contributed by atoms with E-state index in [9.17, 15) is 13.2 Å². The van der Waals surface area contributed by atoms with Gasteiger partial charge in [-0.25, -0.2) is 8.42 Å². The van der Waals surface area contributed by atoms with E-state index in [-0.39, 0.29) is 17.9 Å². The monoisotopic (exact) mass is 466 g/mol. The van der Waals surface area contributed by atoms with Crippen molar-refractivity contribution in [3.05, 3.63) is 65.7 Å². The van der Waals surface area contributed by atoms with Crippen LogP contribution in [-0.4, -0.2) is 39.1 Å². The number of anilines is 1. The summed E-state index contributed by atoms with van der Waals surface area (Å²) in [5.41, 5.74) is 3.20. The highest BCUT2D eigenvalue weighted by molar-refractivity contribution is 7.92. The molecule has 0 N–H and O–H groups in total. The van der Waals surface area contributed by atoms with Gasteiger partial charge >= 0.3 is 0 Å². The molecule has 0 heterocycles. The SMILES string of the molecule is CN(Cc1ccccc1)C(=O)CN(c1ccc(C23CC4CC(CC(C4)C2)C3)cc1)S(C)(=O)=O. The molecule has 6 heteroatoms. The Kier molecular flexibility index (Phi) is 5.76. The third kappa shape index (κ3) is 4.54. The Balaban J connectivity index is 1.33. The summed E-state index contributed by atoms with van der Waals surface area (Å²) in [6.45, 7) is 0.251. The van der Waals surface area contributed by atoms with E-state index in [0.29, 0.717) is 12.2 Å². The largest absolute Gasteiger partial charge is 0.340 e. The molecule has 176 valence electrons. The molecule has 4 saturated carbocycles. The Labute approximate surface area is 197 Å². The fourth-order valence-corrected chi connectivity index (χ4v) is 7.88. The van der Waals surface area contributed by atoms with E-state index in [0.717, 1.165) is 23.3 Å². The van der Waals surface area contributed by atoms with Gasteiger partial charge in [0.1, 0.15) is 6.54 Å². The molecule has 1 amide bonds. The van der Waals surface area contributed by atoms with Gasteiger partial charge < -0.3 is 4.90 Å². The van der Waals surface area contributed by atoms with Crippen LogP contribution in [0.4, 0.5) is 5.69 Å². The number of carbonyl (C=O) groups excluding carboxylic acids is 1. The fourth-order valence-electron chi connectivity index (χ4n) is 7.03. The summed E-state index contributed by atoms with van der Waals surface area (Å²) in [5.74, 6) is 2.36. The van der Waals surface area contributed by atoms with Crippen LogP contribution in [0, 0.1) is 17.8 Å². The standard InChI is InChI=1S/C27H34N2O3S/c1-28(18-20-6-4-3-5-7-20)26(30)19-29(33(2,31)32)25-10-8-24(9-11-25)27-15-21-12-22(16-27)14-23(13-21)17-27/h3-11,21-23H,12-19H2,1-2H3. The average molecular weight is 467 g/mol. The number of nitrogens with zero attached hydrogens (tertiary/aromatic N) is 2. The van der Waals surface area contributed by atoms with Crippen LogP contribution in [-0.2, 0) is 26.8 Å². The topological polar surface area (TPSA) is 57.7 Å². The lowest BCUT2D eigenvalue weighted by molar-refractivity contribution is -0.128. The number of carbonyl (C=O) groups is 1. The van der Waals surface area contributed by atoms with Gasteiger partial charge in [0.25, 0.3) is 0 Å². The Hall–Kier alpha value is -2.34. The summed E-state index contributed by atoms with van der Waals surface area (Å²) >= 11 is 0. The molecule has 33 heavy (non-hydrogen) atoms. The molecule has 4 aliphatic carbocycles. The number of sulfonamides is 1. The molecule has 2 aromatic carbocycles. The summed E-state index contributed by atoms with van der Waals surface area (Å²) < 4.78 is 26.5. The lowest BCUT2D eigenvalue weighted by Gasteiger charge is -2.57. The van der Waals surface area contributed by atoms with Crippen molar-refractivity contribution in [1.82, 2.24) is 4.90 Å². The average Bonchev–Trinajstić information content (AvgIpc) is 2.76. The normalized spacial score (nSPS) is 28.0. The summed E-state index contributed by atoms with van der Waals surface area (Å²) in [6, 6.07) is 17.8. The summed E-state index contributed by atoms with van der Waals surface area (Å²) in [6.07, 6.45) is 9.20. The summed E-state index contributed by atoms with van der Waals surface area (Å²) in [5, 5.41) is 0. The van der Waals surface area contributed by atoms with Crippen LogP contribution in [0.2, 0.25) is 0 Å². The number of benzene rings is 2. The minimum absolute atomic E-state index is 0.196. The molecule has 0 atom stereocenters. The highest BCUT2D eigenvalue weighted by Gasteiger charge is 2.51. The van der Waals surface area contributed by atoms with E-state index < -0.39 is 10.0 Å². The first-order valence-electron chi connectivity index (χ1n) is 12.1. The lowest BCUT2D eigenvalue weighted by Crippen LogP contribution is -2.48. The summed E-state index contributed by atoms with van der Waals surface area (Å²) in [7, 11) is -1.88. The van der Waals surface area contributed by atoms with Gasteiger partial charge in [0.05, 0.1) is 11.9 Å². The minimum atomic E-state index is -3.59. The molecule has 4 bridgehead atoms. The van der Waals surface area contributed by atoms with Crippen LogP contribution >= 0.6 is 0 Å². The molecular formula is C27H34N2O3S. The predicted molar refractivity (Wildman–Crippen MR) is 131 cm³/mol. The third-order valence-corrected chi connectivity index (χ3v) is 9.31. The lowest BCUT2D eigenvalue weighted by atomic mass is 9.48. The van der Waals surface area contributed by atoms with E-state index in [4.69, 9.17) is 0 Å². The van der Waals surface area contributed by atoms with Crippen molar-refractivity contribution in [2.75, 3.05) is 24.2 Å². The molecule has 4 aliphatic rings. The van der Waals surface area contributed by atoms with Crippen molar-refractivity contribution < 1.29 is 13.2 Å². The second-order valence-electron chi connectivity index (χ2n) is 10.7. The van der Waals surface area contributed by atoms with Gasteiger partial charge in [-0.1, -0.05) is 42.5 Å². The molecule has 5 nitrogen and oxygen atoms in total. The van der Waals surface area contributed by atoms with Gasteiger partial charge in [0.15, 0.2) is 0 Å². The molecule has 0 aliphatic heterocycles. The quantitative estimate of drug-likeness (QED) is 0.600. The highest BCUT2D eigenvalue weighted by Crippen LogP contribution is 2.60. The first kappa shape index (κ1) is 22.5. The first-order valence-corrected chi connectivity index (χ1v) is 13.9. The van der Waals surface area contributed by atoms with Crippen LogP contribution in [0.3, 0.4) is 0 Å². The van der Waals surface area contributed by atoms with Gasteiger partial charge in [0.2, 0.25) is 15.9 Å². The Morgan fingerprint density at radius 1 is 0.909 bits per heavy atom. The number of likely N-dealkylation sites (N-methyl/N-ethyl adjacent to an activating group) is 1. The molecule has 6 rings (SSSR count). The van der Waals surface area contributed by atoms with Crippen molar-refractivity contribution in [1.29, 1.82) is 0 Å². The molecule has 4 fully saturated rings. The third-order valence-electron chi connectivity index (χ3n) is 8.17. The molecular weight excluding hydrogens is 432 g/mol. The van der Waals surface area contributed by atoms with E-state index in [2.05, 4.69) is 12.1 Å². The molecule has 0 saturated heterocycles. The smallest absolute Gasteiger partial charge is 0.243 e. The van der Waals surface area contributed by atoms with Gasteiger partial charge in [-0.05, 0) is 85.0 Å². The number of hydrogen-bond donors (Lipinski definition) is 0. The van der Waals surface area contributed by atoms with Gasteiger partial charge in [0, 0.05) is 13.6 Å². The Morgan fingerprint density at radius 3 is 1.97 bits per heavy atom. The zero-order valence-corrected chi connectivity index (χ0v) is 20.4. The second kappa shape index (κ2) is 8.46. The fraction of sp³-hybridized carbons (Fsp3) is 0.519. The number of rotatable bonds is 7. The van der Waals surface area contributed by atoms with Gasteiger partial charge in [-0.3, -0.25) is 9.10 Å². The van der Waals surface area contributed by atoms with E-state index in [1.807, 2.05) is 42.5 Å². The molecule has 0 aromatic heterocycles. The van der Waals surface area contributed by atoms with Crippen LogP contribution in [0.5, 0.6) is 0 Å². The van der Waals surface area contributed by atoms with Crippen LogP contribution < -0.4 is 4.31 Å². The summed E-state index contributed by atoms with van der Waals surface area (Å²) in [4.78, 5) is 14.5. The van der Waals surface area contributed by atoms with Crippen LogP contribution in [0.15, 0.2) is 54.6 Å². The predicted octanol–water partition coefficient (Wildman–Crippen LogP) is 4.58. The molecule has 0 radical (unpaired) electrons. The van der Waals surface area contributed by atoms with Crippen molar-refractivity contribution in [2.45, 2.75) is 50.5 Å². The number of amides is 1. The van der Waals surface area contributed by atoms with Crippen molar-refractivity contribution in [3.8, 4) is 0 Å². The van der Waals surface area contributed by atoms with Gasteiger partial charge in [-0.15, -0.1) is 0 Å². The van der Waals surface area contributed by atoms with Crippen molar-refractivity contribution in [2.24, 2.45) is 17.8 Å².